The molecule has 2 aromatic heterocycles. The van der Waals surface area contributed by atoms with E-state index in [1.807, 2.05) is 49.1 Å². The summed E-state index contributed by atoms with van der Waals surface area (Å²) < 4.78 is 5.78. The van der Waals surface area contributed by atoms with Gasteiger partial charge >= 0.3 is 0 Å². The normalized spacial score (nSPS) is 14.4. The van der Waals surface area contributed by atoms with Crippen molar-refractivity contribution in [1.82, 2.24) is 25.1 Å². The molecule has 0 aliphatic carbocycles. The first kappa shape index (κ1) is 18.9. The molecule has 2 N–H and O–H groups in total. The Hall–Kier alpha value is -3.49. The van der Waals surface area contributed by atoms with Gasteiger partial charge in [0.25, 0.3) is 5.89 Å². The average molecular weight is 397 g/mol. The van der Waals surface area contributed by atoms with Crippen molar-refractivity contribution in [3.63, 3.8) is 0 Å². The number of amides is 1. The molecule has 3 aromatic rings. The highest BCUT2D eigenvalue weighted by atomic mass is 16.4. The van der Waals surface area contributed by atoms with Crippen LogP contribution in [0.5, 0.6) is 0 Å². The summed E-state index contributed by atoms with van der Waals surface area (Å²) in [5.41, 5.74) is 7.20. The number of nitrogens with zero attached hydrogens (tertiary/aromatic N) is 6. The summed E-state index contributed by atoms with van der Waals surface area (Å²) in [6.07, 6.45) is 1.63. The number of nitrogens with two attached hydrogens (primary N) is 1. The van der Waals surface area contributed by atoms with Crippen LogP contribution in [-0.4, -0.2) is 57.2 Å². The standard InChI is InChI=1S/C20H23N7O2.2H2/c1-13(2)20(28)27-10-8-26(9-11-27)15-12-22-17(21)16(23-15)19-25-24-18(29-19)14-6-4-3-5-7-14;;/h3-7,12-13H,8-11H2,1-2H3,(H2,21,22);2*1H. The van der Waals surface area contributed by atoms with Crippen LogP contribution in [0.25, 0.3) is 23.0 Å². The maximum Gasteiger partial charge on any atom is 0.270 e. The van der Waals surface area contributed by atoms with Crippen LogP contribution in [0.3, 0.4) is 0 Å². The minimum absolute atomic E-state index is 0. The monoisotopic (exact) mass is 397 g/mol. The van der Waals surface area contributed by atoms with Gasteiger partial charge in [-0.2, -0.15) is 0 Å². The van der Waals surface area contributed by atoms with Gasteiger partial charge in [-0.15, -0.1) is 10.2 Å². The van der Waals surface area contributed by atoms with Gasteiger partial charge in [0.15, 0.2) is 11.5 Å². The Kier molecular flexibility index (Phi) is 5.11. The van der Waals surface area contributed by atoms with Crippen molar-refractivity contribution in [2.75, 3.05) is 36.8 Å². The highest BCUT2D eigenvalue weighted by Gasteiger charge is 2.25. The molecule has 1 aliphatic heterocycles. The Bertz CT molecular complexity index is 1010. The van der Waals surface area contributed by atoms with Crippen LogP contribution in [0.15, 0.2) is 40.9 Å². The van der Waals surface area contributed by atoms with Gasteiger partial charge < -0.3 is 20.0 Å². The third-order valence-electron chi connectivity index (χ3n) is 4.85. The van der Waals surface area contributed by atoms with Crippen molar-refractivity contribution in [1.29, 1.82) is 0 Å². The molecular weight excluding hydrogens is 370 g/mol. The number of anilines is 2. The first-order valence-electron chi connectivity index (χ1n) is 9.58. The summed E-state index contributed by atoms with van der Waals surface area (Å²) in [7, 11) is 0. The molecule has 1 aliphatic rings. The Morgan fingerprint density at radius 3 is 2.48 bits per heavy atom. The smallest absolute Gasteiger partial charge is 0.270 e. The summed E-state index contributed by atoms with van der Waals surface area (Å²) in [5, 5.41) is 8.19. The maximum absolute atomic E-state index is 12.2. The summed E-state index contributed by atoms with van der Waals surface area (Å²) >= 11 is 0. The molecule has 0 atom stereocenters. The Labute approximate surface area is 171 Å². The van der Waals surface area contributed by atoms with Crippen LogP contribution in [0.1, 0.15) is 16.7 Å². The minimum Gasteiger partial charge on any atom is -0.414 e. The van der Waals surface area contributed by atoms with Crippen LogP contribution in [-0.2, 0) is 4.79 Å². The van der Waals surface area contributed by atoms with Gasteiger partial charge in [-0.3, -0.25) is 4.79 Å². The lowest BCUT2D eigenvalue weighted by molar-refractivity contribution is -0.134. The van der Waals surface area contributed by atoms with E-state index in [0.717, 1.165) is 5.56 Å². The molecule has 1 aromatic carbocycles. The van der Waals surface area contributed by atoms with E-state index in [1.165, 1.54) is 0 Å². The van der Waals surface area contributed by atoms with E-state index in [1.54, 1.807) is 6.20 Å². The number of rotatable bonds is 4. The fourth-order valence-corrected chi connectivity index (χ4v) is 3.24. The Morgan fingerprint density at radius 1 is 1.10 bits per heavy atom. The summed E-state index contributed by atoms with van der Waals surface area (Å²) in [6.45, 7) is 6.49. The van der Waals surface area contributed by atoms with Crippen LogP contribution in [0.4, 0.5) is 11.6 Å². The topological polar surface area (TPSA) is 114 Å². The van der Waals surface area contributed by atoms with E-state index >= 15 is 0 Å². The van der Waals surface area contributed by atoms with E-state index in [9.17, 15) is 4.79 Å². The molecule has 9 nitrogen and oxygen atoms in total. The molecule has 1 fully saturated rings. The van der Waals surface area contributed by atoms with E-state index in [2.05, 4.69) is 25.1 Å². The van der Waals surface area contributed by atoms with Gasteiger partial charge in [-0.1, -0.05) is 32.0 Å². The second-order valence-corrected chi connectivity index (χ2v) is 7.21. The zero-order chi connectivity index (χ0) is 20.4. The molecule has 1 saturated heterocycles. The van der Waals surface area contributed by atoms with Crippen molar-refractivity contribution >= 4 is 17.5 Å². The van der Waals surface area contributed by atoms with Crippen molar-refractivity contribution in [2.45, 2.75) is 13.8 Å². The lowest BCUT2D eigenvalue weighted by Gasteiger charge is -2.36. The van der Waals surface area contributed by atoms with E-state index in [4.69, 9.17) is 10.2 Å². The number of carbonyl (C=O) groups is 1. The third-order valence-corrected chi connectivity index (χ3v) is 4.85. The second-order valence-electron chi connectivity index (χ2n) is 7.21. The average Bonchev–Trinajstić information content (AvgIpc) is 3.24. The molecule has 0 bridgehead atoms. The number of carbonyl (C=O) groups excluding carboxylic acids is 1. The van der Waals surface area contributed by atoms with Crippen molar-refractivity contribution in [3.8, 4) is 23.0 Å². The molecule has 9 heteroatoms. The molecule has 1 amide bonds. The lowest BCUT2D eigenvalue weighted by atomic mass is 10.1. The van der Waals surface area contributed by atoms with Gasteiger partial charge in [0, 0.05) is 40.5 Å². The molecular formula is C20H27N7O2. The van der Waals surface area contributed by atoms with Crippen molar-refractivity contribution < 1.29 is 12.1 Å². The van der Waals surface area contributed by atoms with Gasteiger partial charge in [-0.05, 0) is 12.1 Å². The van der Waals surface area contributed by atoms with Gasteiger partial charge in [0.1, 0.15) is 5.82 Å². The number of hydrogen-bond acceptors (Lipinski definition) is 8. The zero-order valence-corrected chi connectivity index (χ0v) is 16.4. The molecule has 4 rings (SSSR count). The lowest BCUT2D eigenvalue weighted by Crippen LogP contribution is -2.50. The van der Waals surface area contributed by atoms with Crippen LogP contribution in [0.2, 0.25) is 0 Å². The first-order chi connectivity index (χ1) is 14.0. The molecule has 154 valence electrons. The Balaban J connectivity index is 0.00000171. The summed E-state index contributed by atoms with van der Waals surface area (Å²) in [4.78, 5) is 25.0. The fourth-order valence-electron chi connectivity index (χ4n) is 3.24. The number of benzene rings is 1. The van der Waals surface area contributed by atoms with Crippen LogP contribution < -0.4 is 10.6 Å². The quantitative estimate of drug-likeness (QED) is 0.714. The molecule has 0 unspecified atom stereocenters. The number of hydrogen-bond donors (Lipinski definition) is 1. The molecule has 0 saturated carbocycles. The molecule has 0 radical (unpaired) electrons. The largest absolute Gasteiger partial charge is 0.414 e. The van der Waals surface area contributed by atoms with E-state index < -0.39 is 0 Å². The van der Waals surface area contributed by atoms with E-state index in [-0.39, 0.29) is 26.4 Å². The second kappa shape index (κ2) is 7.86. The molecule has 0 spiro atoms. The SMILES string of the molecule is CC(C)C(=O)N1CCN(c2cnc(N)c(-c3nnc(-c4ccccc4)o3)n2)CC1.[HH].[HH]. The number of piperazine rings is 1. The number of nitrogen functional groups attached to an aromatic ring is 1. The predicted molar refractivity (Wildman–Crippen MR) is 113 cm³/mol. The minimum atomic E-state index is 0. The maximum atomic E-state index is 12.2. The predicted octanol–water partition coefficient (Wildman–Crippen LogP) is 2.57. The van der Waals surface area contributed by atoms with Crippen molar-refractivity contribution in [3.05, 3.63) is 36.5 Å². The van der Waals surface area contributed by atoms with Gasteiger partial charge in [0.05, 0.1) is 6.20 Å². The fraction of sp³-hybridized carbons (Fsp3) is 0.350. The molecule has 3 heterocycles. The van der Waals surface area contributed by atoms with Crippen LogP contribution >= 0.6 is 0 Å². The zero-order valence-electron chi connectivity index (χ0n) is 16.4. The van der Waals surface area contributed by atoms with Gasteiger partial charge in [0.2, 0.25) is 11.8 Å². The highest BCUT2D eigenvalue weighted by molar-refractivity contribution is 5.78. The summed E-state index contributed by atoms with van der Waals surface area (Å²) in [5.74, 6) is 1.70. The molecule has 29 heavy (non-hydrogen) atoms. The first-order valence-corrected chi connectivity index (χ1v) is 9.58. The van der Waals surface area contributed by atoms with E-state index in [0.29, 0.717) is 43.6 Å². The van der Waals surface area contributed by atoms with Crippen LogP contribution in [0, 0.1) is 5.92 Å². The third kappa shape index (κ3) is 3.89. The summed E-state index contributed by atoms with van der Waals surface area (Å²) in [6, 6.07) is 9.50. The van der Waals surface area contributed by atoms with Crippen molar-refractivity contribution in [2.24, 2.45) is 5.92 Å². The van der Waals surface area contributed by atoms with Gasteiger partial charge in [-0.25, -0.2) is 9.97 Å². The number of aromatic nitrogens is 4. The Morgan fingerprint density at radius 2 is 1.79 bits per heavy atom. The highest BCUT2D eigenvalue weighted by Crippen LogP contribution is 2.27.